The molecule has 0 heterocycles. The quantitative estimate of drug-likeness (QED) is 0.178. The van der Waals surface area contributed by atoms with Gasteiger partial charge in [-0.05, 0) is 37.5 Å². The Bertz CT molecular complexity index is 854. The number of hydrogen-bond acceptors (Lipinski definition) is 6. The molecule has 6 nitrogen and oxygen atoms in total. The van der Waals surface area contributed by atoms with Gasteiger partial charge in [0, 0.05) is 12.0 Å². The van der Waals surface area contributed by atoms with E-state index in [0.29, 0.717) is 12.8 Å². The summed E-state index contributed by atoms with van der Waals surface area (Å²) in [7, 11) is 0. The van der Waals surface area contributed by atoms with Gasteiger partial charge in [0.1, 0.15) is 17.6 Å². The van der Waals surface area contributed by atoms with Gasteiger partial charge in [0.25, 0.3) is 0 Å². The number of allylic oxidation sites excluding steroid dienone is 1. The first kappa shape index (κ1) is 26.6. The molecule has 1 unspecified atom stereocenters. The van der Waals surface area contributed by atoms with Crippen molar-refractivity contribution < 1.29 is 29.3 Å². The Kier molecular flexibility index (Phi) is 11.1. The van der Waals surface area contributed by atoms with E-state index in [4.69, 9.17) is 4.74 Å². The molecule has 0 radical (unpaired) electrons. The van der Waals surface area contributed by atoms with E-state index >= 15 is 0 Å². The molecule has 2 N–H and O–H groups in total. The van der Waals surface area contributed by atoms with E-state index in [1.165, 1.54) is 50.7 Å². The van der Waals surface area contributed by atoms with Crippen LogP contribution in [0, 0.1) is 0 Å². The molecular formula is C27H38O6. The average Bonchev–Trinajstić information content (AvgIpc) is 2.78. The van der Waals surface area contributed by atoms with Crippen LogP contribution in [0.15, 0.2) is 23.8 Å². The summed E-state index contributed by atoms with van der Waals surface area (Å²) in [4.78, 5) is 37.9. The maximum atomic E-state index is 13.1. The van der Waals surface area contributed by atoms with Crippen LogP contribution in [0.4, 0.5) is 0 Å². The zero-order valence-electron chi connectivity index (χ0n) is 20.0. The molecule has 1 atom stereocenters. The second-order valence-electron chi connectivity index (χ2n) is 8.85. The second kappa shape index (κ2) is 13.8. The van der Waals surface area contributed by atoms with Crippen molar-refractivity contribution in [1.82, 2.24) is 0 Å². The van der Waals surface area contributed by atoms with Gasteiger partial charge >= 0.3 is 5.97 Å². The van der Waals surface area contributed by atoms with Crippen molar-refractivity contribution in [2.45, 2.75) is 103 Å². The predicted octanol–water partition coefficient (Wildman–Crippen LogP) is 6.43. The number of fused-ring (bicyclic) bond motifs is 1. The molecule has 0 saturated carbocycles. The predicted molar refractivity (Wildman–Crippen MR) is 128 cm³/mol. The van der Waals surface area contributed by atoms with Crippen molar-refractivity contribution in [3.63, 3.8) is 0 Å². The zero-order chi connectivity index (χ0) is 24.2. The highest BCUT2D eigenvalue weighted by molar-refractivity contribution is 6.27. The van der Waals surface area contributed by atoms with Crippen LogP contribution in [0.1, 0.15) is 118 Å². The molecule has 1 aliphatic carbocycles. The lowest BCUT2D eigenvalue weighted by Gasteiger charge is -2.24. The molecule has 2 rings (SSSR count). The lowest BCUT2D eigenvalue weighted by molar-refractivity contribution is -0.147. The molecular weight excluding hydrogens is 420 g/mol. The van der Waals surface area contributed by atoms with Crippen LogP contribution in [0.5, 0.6) is 11.5 Å². The molecule has 0 spiro atoms. The van der Waals surface area contributed by atoms with Gasteiger partial charge < -0.3 is 14.9 Å². The van der Waals surface area contributed by atoms with Gasteiger partial charge in [-0.1, -0.05) is 71.6 Å². The molecule has 0 amide bonds. The van der Waals surface area contributed by atoms with Gasteiger partial charge in [0.05, 0.1) is 11.1 Å². The number of carbonyl (C=O) groups excluding carboxylic acids is 3. The third-order valence-corrected chi connectivity index (χ3v) is 6.08. The van der Waals surface area contributed by atoms with Gasteiger partial charge in [0.15, 0.2) is 11.6 Å². The molecule has 0 fully saturated rings. The van der Waals surface area contributed by atoms with Gasteiger partial charge in [0.2, 0.25) is 0 Å². The first-order chi connectivity index (χ1) is 15.9. The minimum Gasteiger partial charge on any atom is -0.507 e. The lowest BCUT2D eigenvalue weighted by Crippen LogP contribution is -2.29. The van der Waals surface area contributed by atoms with Crippen molar-refractivity contribution in [1.29, 1.82) is 0 Å². The smallest absolute Gasteiger partial charge is 0.306 e. The fraction of sp³-hybridized carbons (Fsp3) is 0.593. The van der Waals surface area contributed by atoms with Crippen molar-refractivity contribution >= 4 is 17.5 Å². The number of Topliss-reactive ketones (excluding diaryl/α,β-unsaturated/α-hetero) is 1. The SMILES string of the molecule is CCCCCCCCCCCCC(OC(=O)CCC)C1=CC(=O)c2c(O)ccc(O)c2C1=O. The number of unbranched alkanes of at least 4 members (excludes halogenated alkanes) is 9. The number of phenolic OH excluding ortho intramolecular Hbond substituents is 2. The molecule has 6 heteroatoms. The normalized spacial score (nSPS) is 14.1. The molecule has 1 aromatic rings. The molecule has 33 heavy (non-hydrogen) atoms. The Morgan fingerprint density at radius 3 is 1.94 bits per heavy atom. The van der Waals surface area contributed by atoms with E-state index in [0.717, 1.165) is 31.8 Å². The van der Waals surface area contributed by atoms with Crippen LogP contribution in [0.3, 0.4) is 0 Å². The molecule has 1 aliphatic rings. The summed E-state index contributed by atoms with van der Waals surface area (Å²) in [6.45, 7) is 4.08. The number of phenols is 2. The standard InChI is InChI=1S/C27H38O6/c1-3-5-6-7-8-9-10-11-12-13-15-23(33-24(31)14-4-2)19-18-22(30)25-20(28)16-17-21(29)26(25)27(19)32/h16-18,23,28-29H,3-15H2,1-2H3. The first-order valence-electron chi connectivity index (χ1n) is 12.5. The summed E-state index contributed by atoms with van der Waals surface area (Å²) in [6.07, 6.45) is 13.2. The maximum absolute atomic E-state index is 13.1. The van der Waals surface area contributed by atoms with E-state index in [9.17, 15) is 24.6 Å². The number of aromatic hydroxyl groups is 2. The number of rotatable bonds is 15. The zero-order valence-corrected chi connectivity index (χ0v) is 20.0. The maximum Gasteiger partial charge on any atom is 0.306 e. The number of ether oxygens (including phenoxy) is 1. The van der Waals surface area contributed by atoms with Crippen LogP contribution in [-0.2, 0) is 9.53 Å². The highest BCUT2D eigenvalue weighted by Crippen LogP contribution is 2.36. The van der Waals surface area contributed by atoms with E-state index in [-0.39, 0.29) is 34.6 Å². The minimum atomic E-state index is -0.843. The Hall–Kier alpha value is -2.63. The molecule has 0 bridgehead atoms. The van der Waals surface area contributed by atoms with Gasteiger partial charge in [-0.15, -0.1) is 0 Å². The molecule has 0 aliphatic heterocycles. The first-order valence-corrected chi connectivity index (χ1v) is 12.5. The summed E-state index contributed by atoms with van der Waals surface area (Å²) in [5.74, 6) is -2.30. The van der Waals surface area contributed by atoms with E-state index in [1.807, 2.05) is 6.92 Å². The highest BCUT2D eigenvalue weighted by Gasteiger charge is 2.35. The van der Waals surface area contributed by atoms with E-state index < -0.39 is 23.6 Å². The summed E-state index contributed by atoms with van der Waals surface area (Å²) < 4.78 is 5.59. The Balaban J connectivity index is 2.00. The Labute approximate surface area is 197 Å². The molecule has 0 saturated heterocycles. The largest absolute Gasteiger partial charge is 0.507 e. The van der Waals surface area contributed by atoms with Crippen LogP contribution >= 0.6 is 0 Å². The lowest BCUT2D eigenvalue weighted by atomic mass is 9.84. The van der Waals surface area contributed by atoms with Crippen LogP contribution in [-0.4, -0.2) is 33.9 Å². The monoisotopic (exact) mass is 458 g/mol. The third-order valence-electron chi connectivity index (χ3n) is 6.08. The van der Waals surface area contributed by atoms with Crippen molar-refractivity contribution in [3.8, 4) is 11.5 Å². The summed E-state index contributed by atoms with van der Waals surface area (Å²) >= 11 is 0. The third kappa shape index (κ3) is 7.72. The van der Waals surface area contributed by atoms with Crippen molar-refractivity contribution in [3.05, 3.63) is 34.9 Å². The summed E-state index contributed by atoms with van der Waals surface area (Å²) in [5.41, 5.74) is -0.368. The summed E-state index contributed by atoms with van der Waals surface area (Å²) in [5, 5.41) is 20.2. The van der Waals surface area contributed by atoms with Crippen molar-refractivity contribution in [2.24, 2.45) is 0 Å². The van der Waals surface area contributed by atoms with Gasteiger partial charge in [-0.2, -0.15) is 0 Å². The topological polar surface area (TPSA) is 101 Å². The fourth-order valence-corrected chi connectivity index (χ4v) is 4.24. The molecule has 0 aromatic heterocycles. The highest BCUT2D eigenvalue weighted by atomic mass is 16.5. The second-order valence-corrected chi connectivity index (χ2v) is 8.85. The van der Waals surface area contributed by atoms with Crippen LogP contribution in [0.2, 0.25) is 0 Å². The van der Waals surface area contributed by atoms with Gasteiger partial charge in [-0.3, -0.25) is 14.4 Å². The number of benzene rings is 1. The number of carbonyl (C=O) groups is 3. The minimum absolute atomic E-state index is 0.0637. The number of ketones is 2. The molecule has 182 valence electrons. The number of esters is 1. The van der Waals surface area contributed by atoms with Crippen LogP contribution < -0.4 is 0 Å². The van der Waals surface area contributed by atoms with Crippen molar-refractivity contribution in [2.75, 3.05) is 0 Å². The average molecular weight is 459 g/mol. The van der Waals surface area contributed by atoms with Crippen LogP contribution in [0.25, 0.3) is 0 Å². The fourth-order valence-electron chi connectivity index (χ4n) is 4.24. The Morgan fingerprint density at radius 2 is 1.36 bits per heavy atom. The number of hydrogen-bond donors (Lipinski definition) is 2. The summed E-state index contributed by atoms with van der Waals surface area (Å²) in [6, 6.07) is 2.36. The van der Waals surface area contributed by atoms with E-state index in [1.54, 1.807) is 0 Å². The van der Waals surface area contributed by atoms with E-state index in [2.05, 4.69) is 6.92 Å². The van der Waals surface area contributed by atoms with Gasteiger partial charge in [-0.25, -0.2) is 0 Å². The molecule has 1 aromatic carbocycles. The Morgan fingerprint density at radius 1 is 0.818 bits per heavy atom.